The van der Waals surface area contributed by atoms with Gasteiger partial charge in [-0.3, -0.25) is 0 Å². The molecule has 0 aliphatic rings. The summed E-state index contributed by atoms with van der Waals surface area (Å²) in [4.78, 5) is -0.000111. The molecule has 0 aliphatic heterocycles. The van der Waals surface area contributed by atoms with Crippen LogP contribution in [-0.2, 0) is 19.7 Å². The van der Waals surface area contributed by atoms with Gasteiger partial charge in [-0.05, 0) is 42.3 Å². The second kappa shape index (κ2) is 7.89. The monoisotopic (exact) mass is 414 g/mol. The lowest BCUT2D eigenvalue weighted by Crippen LogP contribution is -2.35. The fourth-order valence-corrected chi connectivity index (χ4v) is 8.42. The van der Waals surface area contributed by atoms with Gasteiger partial charge < -0.3 is 0 Å². The van der Waals surface area contributed by atoms with E-state index in [-0.39, 0.29) is 9.79 Å². The van der Waals surface area contributed by atoms with Gasteiger partial charge in [0.05, 0.1) is 9.79 Å². The molecular formula is C22H22O4S2. The van der Waals surface area contributed by atoms with E-state index in [9.17, 15) is 16.8 Å². The van der Waals surface area contributed by atoms with Crippen molar-refractivity contribution in [2.24, 2.45) is 0 Å². The smallest absolute Gasteiger partial charge is 0.196 e. The first kappa shape index (κ1) is 20.3. The van der Waals surface area contributed by atoms with E-state index >= 15 is 0 Å². The molecule has 3 aromatic carbocycles. The van der Waals surface area contributed by atoms with E-state index in [1.165, 1.54) is 24.3 Å². The molecule has 1 unspecified atom stereocenters. The number of rotatable bonds is 6. The first-order chi connectivity index (χ1) is 13.3. The molecule has 0 radical (unpaired) electrons. The highest BCUT2D eigenvalue weighted by molar-refractivity contribution is 8.09. The maximum atomic E-state index is 13.5. The number of aryl methyl sites for hydroxylation is 1. The summed E-state index contributed by atoms with van der Waals surface area (Å²) in [6, 6.07) is 22.8. The van der Waals surface area contributed by atoms with Crippen LogP contribution >= 0.6 is 0 Å². The molecule has 3 rings (SSSR count). The maximum Gasteiger partial charge on any atom is 0.196 e. The summed E-state index contributed by atoms with van der Waals surface area (Å²) in [5, 5.41) is 0. The maximum absolute atomic E-state index is 13.5. The number of sulfone groups is 2. The fraction of sp³-hybridized carbons (Fsp3) is 0.182. The van der Waals surface area contributed by atoms with Crippen molar-refractivity contribution in [3.05, 3.63) is 96.1 Å². The fourth-order valence-electron chi connectivity index (χ4n) is 3.44. The lowest BCUT2D eigenvalue weighted by molar-refractivity contribution is 0.562. The van der Waals surface area contributed by atoms with Crippen LogP contribution in [0.1, 0.15) is 24.0 Å². The Bertz CT molecular complexity index is 1080. The molecular weight excluding hydrogens is 392 g/mol. The predicted octanol–water partition coefficient (Wildman–Crippen LogP) is 4.37. The highest BCUT2D eigenvalue weighted by Gasteiger charge is 2.44. The van der Waals surface area contributed by atoms with Crippen LogP contribution in [0.5, 0.6) is 0 Å². The summed E-state index contributed by atoms with van der Waals surface area (Å²) in [5.41, 5.74) is 1.55. The first-order valence-electron chi connectivity index (χ1n) is 8.89. The van der Waals surface area contributed by atoms with Gasteiger partial charge in [0.25, 0.3) is 0 Å². The number of hydrogen-bond acceptors (Lipinski definition) is 4. The van der Waals surface area contributed by atoms with Crippen molar-refractivity contribution < 1.29 is 16.8 Å². The second-order valence-electron chi connectivity index (χ2n) is 6.73. The first-order valence-corrected chi connectivity index (χ1v) is 12.0. The molecule has 0 N–H and O–H groups in total. The molecule has 146 valence electrons. The van der Waals surface area contributed by atoms with Gasteiger partial charge in [-0.2, -0.15) is 0 Å². The average molecular weight is 415 g/mol. The molecule has 4 nitrogen and oxygen atoms in total. The van der Waals surface area contributed by atoms with Gasteiger partial charge in [-0.1, -0.05) is 67.6 Å². The molecule has 0 fully saturated rings. The van der Waals surface area contributed by atoms with E-state index in [1.807, 2.05) is 19.1 Å². The van der Waals surface area contributed by atoms with Crippen LogP contribution in [0.15, 0.2) is 94.7 Å². The summed E-state index contributed by atoms with van der Waals surface area (Å²) in [6.45, 7) is 3.52. The Labute approximate surface area is 166 Å². The van der Waals surface area contributed by atoms with Gasteiger partial charge in [0.15, 0.2) is 24.3 Å². The Balaban J connectivity index is 2.25. The minimum atomic E-state index is -4.16. The predicted molar refractivity (Wildman–Crippen MR) is 111 cm³/mol. The van der Waals surface area contributed by atoms with Crippen LogP contribution in [0, 0.1) is 6.92 Å². The van der Waals surface area contributed by atoms with Crippen molar-refractivity contribution in [2.75, 3.05) is 0 Å². The standard InChI is InChI=1S/C22H22O4S2/c1-17-11-9-10-16-21(17)18(2)22(27(23,24)19-12-5-3-6-13-19)28(25,26)20-14-7-4-8-15-20/h3-16,18,22H,1-2H3. The summed E-state index contributed by atoms with van der Waals surface area (Å²) in [5.74, 6) is -0.753. The van der Waals surface area contributed by atoms with Crippen LogP contribution in [0.4, 0.5) is 0 Å². The molecule has 0 saturated heterocycles. The van der Waals surface area contributed by atoms with E-state index < -0.39 is 30.2 Å². The molecule has 3 aromatic rings. The van der Waals surface area contributed by atoms with Crippen molar-refractivity contribution in [3.63, 3.8) is 0 Å². The number of benzene rings is 3. The van der Waals surface area contributed by atoms with Crippen molar-refractivity contribution in [3.8, 4) is 0 Å². The molecule has 0 heterocycles. The van der Waals surface area contributed by atoms with Crippen LogP contribution in [0.3, 0.4) is 0 Å². The lowest BCUT2D eigenvalue weighted by atomic mass is 9.98. The van der Waals surface area contributed by atoms with Gasteiger partial charge in [0.1, 0.15) is 0 Å². The normalized spacial score (nSPS) is 13.4. The Morgan fingerprint density at radius 3 is 1.43 bits per heavy atom. The van der Waals surface area contributed by atoms with Gasteiger partial charge in [0.2, 0.25) is 0 Å². The summed E-state index contributed by atoms with van der Waals surface area (Å²) >= 11 is 0. The minimum absolute atomic E-state index is 0.0000553. The summed E-state index contributed by atoms with van der Waals surface area (Å²) in [6.07, 6.45) is 0. The third kappa shape index (κ3) is 3.75. The van der Waals surface area contributed by atoms with Crippen molar-refractivity contribution >= 4 is 19.7 Å². The lowest BCUT2D eigenvalue weighted by Gasteiger charge is -2.26. The topological polar surface area (TPSA) is 68.3 Å². The molecule has 0 spiro atoms. The van der Waals surface area contributed by atoms with Crippen LogP contribution in [0.25, 0.3) is 0 Å². The van der Waals surface area contributed by atoms with E-state index in [4.69, 9.17) is 0 Å². The van der Waals surface area contributed by atoms with Crippen LogP contribution in [-0.4, -0.2) is 21.4 Å². The molecule has 28 heavy (non-hydrogen) atoms. The quantitative estimate of drug-likeness (QED) is 0.601. The summed E-state index contributed by atoms with van der Waals surface area (Å²) in [7, 11) is -8.32. The van der Waals surface area contributed by atoms with Gasteiger partial charge in [-0.25, -0.2) is 16.8 Å². The average Bonchev–Trinajstić information content (AvgIpc) is 2.69. The molecule has 0 amide bonds. The Morgan fingerprint density at radius 1 is 0.607 bits per heavy atom. The van der Waals surface area contributed by atoms with Crippen molar-refractivity contribution in [2.45, 2.75) is 34.1 Å². The molecule has 6 heteroatoms. The Kier molecular flexibility index (Phi) is 5.72. The Hall–Kier alpha value is -2.44. The van der Waals surface area contributed by atoms with Crippen LogP contribution in [0.2, 0.25) is 0 Å². The zero-order valence-corrected chi connectivity index (χ0v) is 17.3. The number of hydrogen-bond donors (Lipinski definition) is 0. The third-order valence-electron chi connectivity index (χ3n) is 4.84. The zero-order valence-electron chi connectivity index (χ0n) is 15.7. The van der Waals surface area contributed by atoms with Gasteiger partial charge in [0, 0.05) is 5.92 Å². The molecule has 0 aliphatic carbocycles. The largest absolute Gasteiger partial charge is 0.222 e. The zero-order chi connectivity index (χ0) is 20.4. The van der Waals surface area contributed by atoms with E-state index in [1.54, 1.807) is 55.5 Å². The highest BCUT2D eigenvalue weighted by Crippen LogP contribution is 2.36. The highest BCUT2D eigenvalue weighted by atomic mass is 32.3. The SMILES string of the molecule is Cc1ccccc1C(C)C(S(=O)(=O)c1ccccc1)S(=O)(=O)c1ccccc1. The molecule has 1 atom stereocenters. The second-order valence-corrected chi connectivity index (χ2v) is 11.2. The van der Waals surface area contributed by atoms with E-state index in [2.05, 4.69) is 0 Å². The molecule has 0 bridgehead atoms. The van der Waals surface area contributed by atoms with Gasteiger partial charge in [-0.15, -0.1) is 0 Å². The summed E-state index contributed by atoms with van der Waals surface area (Å²) < 4.78 is 52.4. The molecule has 0 aromatic heterocycles. The van der Waals surface area contributed by atoms with Gasteiger partial charge >= 0.3 is 0 Å². The van der Waals surface area contributed by atoms with Crippen molar-refractivity contribution in [1.82, 2.24) is 0 Å². The van der Waals surface area contributed by atoms with Crippen molar-refractivity contribution in [1.29, 1.82) is 0 Å². The Morgan fingerprint density at radius 2 is 1.00 bits per heavy atom. The van der Waals surface area contributed by atoms with E-state index in [0.29, 0.717) is 5.56 Å². The van der Waals surface area contributed by atoms with E-state index in [0.717, 1.165) is 5.56 Å². The molecule has 0 saturated carbocycles. The van der Waals surface area contributed by atoms with Crippen LogP contribution < -0.4 is 0 Å². The third-order valence-corrected chi connectivity index (χ3v) is 10.3. The minimum Gasteiger partial charge on any atom is -0.222 e.